The predicted octanol–water partition coefficient (Wildman–Crippen LogP) is 3.59. The Bertz CT molecular complexity index is 913. The number of nitrogens with one attached hydrogen (secondary N) is 1. The number of rotatable bonds is 3. The van der Waals surface area contributed by atoms with E-state index in [0.29, 0.717) is 28.7 Å². The number of nitrogens with zero attached hydrogens (tertiary/aromatic N) is 2. The van der Waals surface area contributed by atoms with Crippen molar-refractivity contribution in [3.63, 3.8) is 0 Å². The molecule has 148 valence electrons. The SMILES string of the molecule is CC1(C)Oc2c(N3CCNCC3)cc(F)cc2N(Cc2cccc(Cl)c2)C1=O. The van der Waals surface area contributed by atoms with Crippen molar-refractivity contribution < 1.29 is 13.9 Å². The Hall–Kier alpha value is -2.31. The summed E-state index contributed by atoms with van der Waals surface area (Å²) in [5.74, 6) is -0.0498. The maximum Gasteiger partial charge on any atom is 0.271 e. The van der Waals surface area contributed by atoms with Crippen molar-refractivity contribution in [1.82, 2.24) is 5.32 Å². The van der Waals surface area contributed by atoms with E-state index in [4.69, 9.17) is 16.3 Å². The van der Waals surface area contributed by atoms with E-state index in [9.17, 15) is 9.18 Å². The van der Waals surface area contributed by atoms with Crippen molar-refractivity contribution in [2.24, 2.45) is 0 Å². The Morgan fingerprint density at radius 2 is 1.89 bits per heavy atom. The summed E-state index contributed by atoms with van der Waals surface area (Å²) in [7, 11) is 0. The molecule has 0 spiro atoms. The molecule has 1 saturated heterocycles. The second-order valence-corrected chi connectivity index (χ2v) is 8.08. The van der Waals surface area contributed by atoms with Gasteiger partial charge in [0.2, 0.25) is 0 Å². The smallest absolute Gasteiger partial charge is 0.271 e. The first-order valence-corrected chi connectivity index (χ1v) is 9.77. The van der Waals surface area contributed by atoms with Gasteiger partial charge in [0.25, 0.3) is 5.91 Å². The predicted molar refractivity (Wildman–Crippen MR) is 109 cm³/mol. The van der Waals surface area contributed by atoms with E-state index in [2.05, 4.69) is 10.2 Å². The van der Waals surface area contributed by atoms with Crippen molar-refractivity contribution in [2.75, 3.05) is 36.0 Å². The van der Waals surface area contributed by atoms with Crippen molar-refractivity contribution in [2.45, 2.75) is 26.0 Å². The molecule has 0 unspecified atom stereocenters. The fourth-order valence-electron chi connectivity index (χ4n) is 3.72. The van der Waals surface area contributed by atoms with Gasteiger partial charge in [-0.1, -0.05) is 23.7 Å². The topological polar surface area (TPSA) is 44.8 Å². The maximum absolute atomic E-state index is 14.5. The third-order valence-electron chi connectivity index (χ3n) is 5.11. The van der Waals surface area contributed by atoms with E-state index in [1.807, 2.05) is 18.2 Å². The molecule has 2 aromatic carbocycles. The van der Waals surface area contributed by atoms with E-state index in [-0.39, 0.29) is 11.7 Å². The van der Waals surface area contributed by atoms with Gasteiger partial charge in [0.1, 0.15) is 5.82 Å². The largest absolute Gasteiger partial charge is 0.474 e. The van der Waals surface area contributed by atoms with Crippen LogP contribution in [0.25, 0.3) is 0 Å². The average Bonchev–Trinajstić information content (AvgIpc) is 2.66. The number of benzene rings is 2. The van der Waals surface area contributed by atoms with Crippen molar-refractivity contribution in [1.29, 1.82) is 0 Å². The minimum atomic E-state index is -1.05. The Balaban J connectivity index is 1.80. The van der Waals surface area contributed by atoms with Crippen molar-refractivity contribution in [3.05, 3.63) is 52.8 Å². The molecule has 5 nitrogen and oxygen atoms in total. The molecular formula is C21H23ClFN3O2. The monoisotopic (exact) mass is 403 g/mol. The van der Waals surface area contributed by atoms with Crippen LogP contribution in [-0.4, -0.2) is 37.7 Å². The van der Waals surface area contributed by atoms with Crippen LogP contribution < -0.4 is 19.9 Å². The minimum absolute atomic E-state index is 0.211. The summed E-state index contributed by atoms with van der Waals surface area (Å²) >= 11 is 6.11. The van der Waals surface area contributed by atoms with E-state index in [1.165, 1.54) is 12.1 Å². The molecule has 2 aromatic rings. The van der Waals surface area contributed by atoms with Gasteiger partial charge < -0.3 is 19.9 Å². The highest BCUT2D eigenvalue weighted by molar-refractivity contribution is 6.30. The summed E-state index contributed by atoms with van der Waals surface area (Å²) in [5, 5.41) is 3.89. The van der Waals surface area contributed by atoms with E-state index < -0.39 is 5.60 Å². The molecule has 7 heteroatoms. The quantitative estimate of drug-likeness (QED) is 0.850. The van der Waals surface area contributed by atoms with Crippen LogP contribution in [0.2, 0.25) is 5.02 Å². The lowest BCUT2D eigenvalue weighted by atomic mass is 10.0. The highest BCUT2D eigenvalue weighted by Gasteiger charge is 2.43. The fourth-order valence-corrected chi connectivity index (χ4v) is 3.93. The zero-order valence-electron chi connectivity index (χ0n) is 16.0. The van der Waals surface area contributed by atoms with Crippen LogP contribution in [0.5, 0.6) is 5.75 Å². The molecule has 1 N–H and O–H groups in total. The van der Waals surface area contributed by atoms with Gasteiger partial charge in [-0.3, -0.25) is 4.79 Å². The molecule has 2 aliphatic rings. The van der Waals surface area contributed by atoms with Crippen molar-refractivity contribution >= 4 is 28.9 Å². The second kappa shape index (κ2) is 7.26. The normalized spacial score (nSPS) is 18.6. The molecule has 0 bridgehead atoms. The van der Waals surface area contributed by atoms with Gasteiger partial charge in [0.15, 0.2) is 11.4 Å². The Morgan fingerprint density at radius 3 is 2.61 bits per heavy atom. The zero-order valence-corrected chi connectivity index (χ0v) is 16.7. The molecule has 0 aromatic heterocycles. The lowest BCUT2D eigenvalue weighted by Crippen LogP contribution is -2.53. The first-order chi connectivity index (χ1) is 13.3. The van der Waals surface area contributed by atoms with Crippen LogP contribution in [0.3, 0.4) is 0 Å². The highest BCUT2D eigenvalue weighted by atomic mass is 35.5. The molecule has 0 aliphatic carbocycles. The molecule has 2 aliphatic heterocycles. The number of carbonyl (C=O) groups is 1. The zero-order chi connectivity index (χ0) is 19.9. The minimum Gasteiger partial charge on any atom is -0.474 e. The summed E-state index contributed by atoms with van der Waals surface area (Å²) in [4.78, 5) is 16.8. The molecule has 0 saturated carbocycles. The molecule has 2 heterocycles. The lowest BCUT2D eigenvalue weighted by molar-refractivity contribution is -0.132. The molecule has 4 rings (SSSR count). The van der Waals surface area contributed by atoms with Crippen LogP contribution in [0.1, 0.15) is 19.4 Å². The average molecular weight is 404 g/mol. The van der Waals surface area contributed by atoms with Gasteiger partial charge in [0, 0.05) is 43.3 Å². The van der Waals surface area contributed by atoms with Gasteiger partial charge in [-0.25, -0.2) is 4.39 Å². The molecular weight excluding hydrogens is 381 g/mol. The van der Waals surface area contributed by atoms with Gasteiger partial charge in [-0.15, -0.1) is 0 Å². The van der Waals surface area contributed by atoms with Crippen molar-refractivity contribution in [3.8, 4) is 5.75 Å². The van der Waals surface area contributed by atoms with Crippen LogP contribution in [0, 0.1) is 5.82 Å². The third-order valence-corrected chi connectivity index (χ3v) is 5.35. The third kappa shape index (κ3) is 3.54. The summed E-state index contributed by atoms with van der Waals surface area (Å²) in [5.41, 5.74) is 0.968. The number of carbonyl (C=O) groups excluding carboxylic acids is 1. The standard InChI is InChI=1S/C21H23ClFN3O2/c1-21(2)20(27)26(13-14-4-3-5-15(22)10-14)18-12-16(23)11-17(19(18)28-21)25-8-6-24-7-9-25/h3-5,10-12,24H,6-9,13H2,1-2H3. The summed E-state index contributed by atoms with van der Waals surface area (Å²) < 4.78 is 20.7. The Morgan fingerprint density at radius 1 is 1.18 bits per heavy atom. The number of ether oxygens (including phenoxy) is 1. The van der Waals surface area contributed by atoms with Crippen LogP contribution >= 0.6 is 11.6 Å². The van der Waals surface area contributed by atoms with Crippen LogP contribution in [-0.2, 0) is 11.3 Å². The second-order valence-electron chi connectivity index (χ2n) is 7.64. The molecule has 1 amide bonds. The number of fused-ring (bicyclic) bond motifs is 1. The first-order valence-electron chi connectivity index (χ1n) is 9.40. The molecule has 28 heavy (non-hydrogen) atoms. The number of amides is 1. The van der Waals surface area contributed by atoms with E-state index in [1.54, 1.807) is 24.8 Å². The number of anilines is 2. The molecule has 0 atom stereocenters. The Kier molecular flexibility index (Phi) is 4.93. The first kappa shape index (κ1) is 19.0. The van der Waals surface area contributed by atoms with Gasteiger partial charge in [0.05, 0.1) is 17.9 Å². The van der Waals surface area contributed by atoms with Crippen LogP contribution in [0.4, 0.5) is 15.8 Å². The van der Waals surface area contributed by atoms with E-state index in [0.717, 1.165) is 31.7 Å². The summed E-state index contributed by atoms with van der Waals surface area (Å²) in [6, 6.07) is 10.2. The summed E-state index contributed by atoms with van der Waals surface area (Å²) in [6.45, 7) is 6.93. The molecule has 0 radical (unpaired) electrons. The van der Waals surface area contributed by atoms with E-state index >= 15 is 0 Å². The summed E-state index contributed by atoms with van der Waals surface area (Å²) in [6.07, 6.45) is 0. The maximum atomic E-state index is 14.5. The number of hydrogen-bond donors (Lipinski definition) is 1. The van der Waals surface area contributed by atoms with Gasteiger partial charge in [-0.05, 0) is 31.5 Å². The lowest BCUT2D eigenvalue weighted by Gasteiger charge is -2.41. The Labute approximate surface area is 169 Å². The molecule has 1 fully saturated rings. The van der Waals surface area contributed by atoms with Gasteiger partial charge in [-0.2, -0.15) is 0 Å². The number of hydrogen-bond acceptors (Lipinski definition) is 4. The number of piperazine rings is 1. The fraction of sp³-hybridized carbons (Fsp3) is 0.381. The van der Waals surface area contributed by atoms with Gasteiger partial charge >= 0.3 is 0 Å². The highest BCUT2D eigenvalue weighted by Crippen LogP contribution is 2.46. The number of halogens is 2. The van der Waals surface area contributed by atoms with Crippen LogP contribution in [0.15, 0.2) is 36.4 Å².